The van der Waals surface area contributed by atoms with Gasteiger partial charge in [-0.2, -0.15) is 0 Å². The molecule has 6 nitrogen and oxygen atoms in total. The molecule has 1 aliphatic heterocycles. The van der Waals surface area contributed by atoms with Crippen LogP contribution >= 0.6 is 0 Å². The monoisotopic (exact) mass is 282 g/mol. The number of aliphatic hydroxyl groups is 1. The van der Waals surface area contributed by atoms with E-state index in [-0.39, 0.29) is 24.2 Å². The van der Waals surface area contributed by atoms with E-state index >= 15 is 0 Å². The van der Waals surface area contributed by atoms with Gasteiger partial charge in [-0.3, -0.25) is 4.79 Å². The van der Waals surface area contributed by atoms with Crippen LogP contribution in [0, 0.1) is 6.92 Å². The maximum atomic E-state index is 12.3. The molecule has 0 unspecified atom stereocenters. The predicted octanol–water partition coefficient (Wildman–Crippen LogP) is 1.38. The summed E-state index contributed by atoms with van der Waals surface area (Å²) in [5.41, 5.74) is -0.0432. The molecule has 0 aromatic carbocycles. The number of oxazole rings is 1. The summed E-state index contributed by atoms with van der Waals surface area (Å²) < 4.78 is 10.8. The molecule has 0 aliphatic carbocycles. The Balaban J connectivity index is 2.14. The lowest BCUT2D eigenvalue weighted by atomic mass is 9.91. The summed E-state index contributed by atoms with van der Waals surface area (Å²) in [6.45, 7) is 6.63. The highest BCUT2D eigenvalue weighted by atomic mass is 16.5. The van der Waals surface area contributed by atoms with Crippen molar-refractivity contribution in [3.63, 3.8) is 0 Å². The number of carbonyl (C=O) groups excluding carboxylic acids is 1. The highest BCUT2D eigenvalue weighted by Gasteiger charge is 2.35. The quantitative estimate of drug-likeness (QED) is 0.871. The lowest BCUT2D eigenvalue weighted by molar-refractivity contribution is 0.0119. The molecule has 1 fully saturated rings. The Hall–Kier alpha value is -1.40. The third kappa shape index (κ3) is 3.02. The van der Waals surface area contributed by atoms with Gasteiger partial charge >= 0.3 is 0 Å². The fourth-order valence-electron chi connectivity index (χ4n) is 2.26. The molecule has 20 heavy (non-hydrogen) atoms. The summed E-state index contributed by atoms with van der Waals surface area (Å²) in [6, 6.07) is 0. The minimum atomic E-state index is -0.618. The van der Waals surface area contributed by atoms with E-state index in [1.807, 2.05) is 13.8 Å². The van der Waals surface area contributed by atoms with E-state index in [2.05, 4.69) is 10.3 Å². The highest BCUT2D eigenvalue weighted by Crippen LogP contribution is 2.23. The van der Waals surface area contributed by atoms with Gasteiger partial charge in [-0.25, -0.2) is 4.98 Å². The zero-order valence-electron chi connectivity index (χ0n) is 12.2. The first-order valence-corrected chi connectivity index (χ1v) is 6.96. The van der Waals surface area contributed by atoms with Crippen molar-refractivity contribution in [2.24, 2.45) is 0 Å². The molecule has 0 spiro atoms. The second kappa shape index (κ2) is 5.93. The van der Waals surface area contributed by atoms with Gasteiger partial charge < -0.3 is 19.6 Å². The molecule has 2 N–H and O–H groups in total. The van der Waals surface area contributed by atoms with Gasteiger partial charge in [0.25, 0.3) is 5.91 Å². The number of amides is 1. The van der Waals surface area contributed by atoms with Gasteiger partial charge in [0.05, 0.1) is 17.8 Å². The summed E-state index contributed by atoms with van der Waals surface area (Å²) in [5, 5.41) is 12.5. The van der Waals surface area contributed by atoms with Crippen molar-refractivity contribution in [2.75, 3.05) is 19.8 Å². The fourth-order valence-corrected chi connectivity index (χ4v) is 2.26. The first kappa shape index (κ1) is 15.0. The molecule has 0 saturated carbocycles. The Morgan fingerprint density at radius 1 is 1.45 bits per heavy atom. The number of hydrogen-bond acceptors (Lipinski definition) is 5. The van der Waals surface area contributed by atoms with Crippen LogP contribution in [0.4, 0.5) is 0 Å². The molecule has 1 amide bonds. The summed E-state index contributed by atoms with van der Waals surface area (Å²) in [4.78, 5) is 16.6. The second-order valence-electron chi connectivity index (χ2n) is 5.63. The van der Waals surface area contributed by atoms with E-state index in [0.29, 0.717) is 37.6 Å². The molecular formula is C14H22N2O4. The molecule has 1 saturated heterocycles. The van der Waals surface area contributed by atoms with Gasteiger partial charge in [0.2, 0.25) is 5.76 Å². The standard InChI is InChI=1S/C14H22N2O4/c1-9(2)13-15-10(3)11(20-13)12(18)16-14(8-17)4-6-19-7-5-14/h9,17H,4-8H2,1-3H3,(H,16,18). The SMILES string of the molecule is Cc1nc(C(C)C)oc1C(=O)NC1(CO)CCOCC1. The van der Waals surface area contributed by atoms with Crippen molar-refractivity contribution < 1.29 is 19.1 Å². The van der Waals surface area contributed by atoms with Crippen LogP contribution in [0.5, 0.6) is 0 Å². The van der Waals surface area contributed by atoms with E-state index < -0.39 is 5.54 Å². The number of aromatic nitrogens is 1. The van der Waals surface area contributed by atoms with Crippen LogP contribution in [0.3, 0.4) is 0 Å². The molecule has 2 rings (SSSR count). The van der Waals surface area contributed by atoms with Crippen molar-refractivity contribution in [3.05, 3.63) is 17.3 Å². The molecule has 112 valence electrons. The minimum absolute atomic E-state index is 0.105. The molecule has 0 atom stereocenters. The van der Waals surface area contributed by atoms with E-state index in [0.717, 1.165) is 0 Å². The molecule has 2 heterocycles. The maximum Gasteiger partial charge on any atom is 0.289 e. The topological polar surface area (TPSA) is 84.6 Å². The number of nitrogens with zero attached hydrogens (tertiary/aromatic N) is 1. The largest absolute Gasteiger partial charge is 0.435 e. The number of rotatable bonds is 4. The molecule has 0 bridgehead atoms. The smallest absolute Gasteiger partial charge is 0.289 e. The van der Waals surface area contributed by atoms with E-state index in [1.54, 1.807) is 6.92 Å². The second-order valence-corrected chi connectivity index (χ2v) is 5.63. The zero-order chi connectivity index (χ0) is 14.8. The average molecular weight is 282 g/mol. The lowest BCUT2D eigenvalue weighted by Crippen LogP contribution is -2.54. The summed E-state index contributed by atoms with van der Waals surface area (Å²) in [6.07, 6.45) is 1.19. The van der Waals surface area contributed by atoms with E-state index in [1.165, 1.54) is 0 Å². The third-order valence-electron chi connectivity index (χ3n) is 3.64. The first-order valence-electron chi connectivity index (χ1n) is 6.96. The molecular weight excluding hydrogens is 260 g/mol. The molecule has 6 heteroatoms. The summed E-state index contributed by atoms with van der Waals surface area (Å²) >= 11 is 0. The predicted molar refractivity (Wildman–Crippen MR) is 72.7 cm³/mol. The molecule has 1 aliphatic rings. The van der Waals surface area contributed by atoms with Crippen LogP contribution in [0.1, 0.15) is 54.7 Å². The van der Waals surface area contributed by atoms with Gasteiger partial charge in [0, 0.05) is 19.1 Å². The normalized spacial score (nSPS) is 18.2. The van der Waals surface area contributed by atoms with Gasteiger partial charge in [0.1, 0.15) is 0 Å². The van der Waals surface area contributed by atoms with E-state index in [4.69, 9.17) is 9.15 Å². The van der Waals surface area contributed by atoms with Crippen LogP contribution in [0.15, 0.2) is 4.42 Å². The van der Waals surface area contributed by atoms with Crippen LogP contribution < -0.4 is 5.32 Å². The van der Waals surface area contributed by atoms with Crippen molar-refractivity contribution in [2.45, 2.75) is 45.1 Å². The van der Waals surface area contributed by atoms with Crippen molar-refractivity contribution in [3.8, 4) is 0 Å². The Bertz CT molecular complexity index is 476. The Morgan fingerprint density at radius 3 is 2.60 bits per heavy atom. The van der Waals surface area contributed by atoms with Gasteiger partial charge in [-0.1, -0.05) is 13.8 Å². The minimum Gasteiger partial charge on any atom is -0.435 e. The number of nitrogens with one attached hydrogen (secondary N) is 1. The number of aryl methyl sites for hydroxylation is 1. The van der Waals surface area contributed by atoms with Crippen LogP contribution in [0.25, 0.3) is 0 Å². The Morgan fingerprint density at radius 2 is 2.10 bits per heavy atom. The summed E-state index contributed by atoms with van der Waals surface area (Å²) in [5.74, 6) is 0.591. The van der Waals surface area contributed by atoms with Crippen LogP contribution in [0.2, 0.25) is 0 Å². The van der Waals surface area contributed by atoms with E-state index in [9.17, 15) is 9.90 Å². The zero-order valence-corrected chi connectivity index (χ0v) is 12.2. The number of hydrogen-bond donors (Lipinski definition) is 2. The van der Waals surface area contributed by atoms with Crippen molar-refractivity contribution in [1.82, 2.24) is 10.3 Å². The van der Waals surface area contributed by atoms with Crippen LogP contribution in [-0.2, 0) is 4.74 Å². The number of ether oxygens (including phenoxy) is 1. The Kier molecular flexibility index (Phi) is 4.45. The lowest BCUT2D eigenvalue weighted by Gasteiger charge is -2.36. The molecule has 1 aromatic rings. The van der Waals surface area contributed by atoms with Gasteiger partial charge in [-0.05, 0) is 19.8 Å². The Labute approximate surface area is 118 Å². The fraction of sp³-hybridized carbons (Fsp3) is 0.714. The first-order chi connectivity index (χ1) is 9.47. The van der Waals surface area contributed by atoms with Gasteiger partial charge in [-0.15, -0.1) is 0 Å². The average Bonchev–Trinajstić information content (AvgIpc) is 2.82. The van der Waals surface area contributed by atoms with Crippen molar-refractivity contribution >= 4 is 5.91 Å². The van der Waals surface area contributed by atoms with Crippen molar-refractivity contribution in [1.29, 1.82) is 0 Å². The summed E-state index contributed by atoms with van der Waals surface area (Å²) in [7, 11) is 0. The molecule has 1 aromatic heterocycles. The maximum absolute atomic E-state index is 12.3. The highest BCUT2D eigenvalue weighted by molar-refractivity contribution is 5.93. The van der Waals surface area contributed by atoms with Gasteiger partial charge in [0.15, 0.2) is 5.89 Å². The third-order valence-corrected chi connectivity index (χ3v) is 3.64. The van der Waals surface area contributed by atoms with Crippen LogP contribution in [-0.4, -0.2) is 41.4 Å². The molecule has 0 radical (unpaired) electrons. The number of aliphatic hydroxyl groups excluding tert-OH is 1. The number of carbonyl (C=O) groups is 1.